The van der Waals surface area contributed by atoms with Crippen molar-refractivity contribution < 1.29 is 0 Å². The molecule has 0 aliphatic rings. The normalized spacial score (nSPS) is 9.91. The van der Waals surface area contributed by atoms with Crippen LogP contribution in [0, 0.1) is 11.3 Å². The minimum absolute atomic E-state index is 0.489. The van der Waals surface area contributed by atoms with Gasteiger partial charge in [0.15, 0.2) is 0 Å². The van der Waals surface area contributed by atoms with E-state index in [1.165, 1.54) is 0 Å². The van der Waals surface area contributed by atoms with Crippen LogP contribution in [0.25, 0.3) is 11.3 Å². The fraction of sp³-hybridized carbons (Fsp3) is 0.0588. The molecule has 0 amide bonds. The Bertz CT molecular complexity index is 854. The number of hydrogen-bond acceptors (Lipinski definition) is 6. The van der Waals surface area contributed by atoms with E-state index in [1.807, 2.05) is 36.4 Å². The average molecular weight is 302 g/mol. The number of pyridine rings is 1. The zero-order chi connectivity index (χ0) is 16.1. The van der Waals surface area contributed by atoms with Crippen LogP contribution in [-0.4, -0.2) is 22.0 Å². The van der Waals surface area contributed by atoms with E-state index in [0.29, 0.717) is 23.0 Å². The van der Waals surface area contributed by atoms with Gasteiger partial charge in [0.05, 0.1) is 16.9 Å². The third kappa shape index (κ3) is 3.24. The van der Waals surface area contributed by atoms with Crippen molar-refractivity contribution in [2.45, 2.75) is 0 Å². The molecule has 0 saturated carbocycles. The van der Waals surface area contributed by atoms with Crippen LogP contribution in [0.15, 0.2) is 54.9 Å². The third-order valence-electron chi connectivity index (χ3n) is 3.22. The molecule has 3 rings (SSSR count). The molecule has 0 aliphatic heterocycles. The van der Waals surface area contributed by atoms with Gasteiger partial charge in [0.2, 0.25) is 5.95 Å². The molecule has 2 aromatic heterocycles. The molecule has 0 bridgehead atoms. The predicted molar refractivity (Wildman–Crippen MR) is 89.2 cm³/mol. The van der Waals surface area contributed by atoms with Crippen molar-refractivity contribution in [2.75, 3.05) is 17.7 Å². The van der Waals surface area contributed by atoms with Gasteiger partial charge in [-0.15, -0.1) is 0 Å². The Morgan fingerprint density at radius 2 is 1.96 bits per heavy atom. The Morgan fingerprint density at radius 1 is 1.09 bits per heavy atom. The van der Waals surface area contributed by atoms with Crippen LogP contribution in [-0.2, 0) is 0 Å². The van der Waals surface area contributed by atoms with Crippen molar-refractivity contribution in [3.05, 3.63) is 60.4 Å². The van der Waals surface area contributed by atoms with E-state index in [4.69, 9.17) is 0 Å². The molecule has 0 unspecified atom stereocenters. The van der Waals surface area contributed by atoms with E-state index in [-0.39, 0.29) is 0 Å². The molecule has 0 spiro atoms. The second-order valence-electron chi connectivity index (χ2n) is 4.74. The molecule has 2 N–H and O–H groups in total. The fourth-order valence-corrected chi connectivity index (χ4v) is 2.11. The zero-order valence-corrected chi connectivity index (χ0v) is 12.5. The molecule has 6 heteroatoms. The van der Waals surface area contributed by atoms with E-state index in [0.717, 1.165) is 11.3 Å². The fourth-order valence-electron chi connectivity index (χ4n) is 2.11. The quantitative estimate of drug-likeness (QED) is 0.769. The summed E-state index contributed by atoms with van der Waals surface area (Å²) in [6.45, 7) is 0. The van der Waals surface area contributed by atoms with Gasteiger partial charge in [-0.1, -0.05) is 12.1 Å². The van der Waals surface area contributed by atoms with Crippen LogP contribution in [0.5, 0.6) is 0 Å². The Kier molecular flexibility index (Phi) is 4.11. The number of aromatic nitrogens is 3. The number of para-hydroxylation sites is 1. The molecule has 1 aromatic carbocycles. The van der Waals surface area contributed by atoms with Crippen molar-refractivity contribution in [2.24, 2.45) is 0 Å². The highest BCUT2D eigenvalue weighted by Gasteiger charge is 2.08. The van der Waals surface area contributed by atoms with Crippen LogP contribution in [0.3, 0.4) is 0 Å². The molecule has 2 heterocycles. The van der Waals surface area contributed by atoms with Gasteiger partial charge in [-0.3, -0.25) is 4.98 Å². The number of nitriles is 1. The molecule has 6 nitrogen and oxygen atoms in total. The maximum atomic E-state index is 9.19. The van der Waals surface area contributed by atoms with Gasteiger partial charge in [-0.05, 0) is 24.3 Å². The number of nitrogens with one attached hydrogen (secondary N) is 2. The van der Waals surface area contributed by atoms with Crippen LogP contribution < -0.4 is 10.6 Å². The van der Waals surface area contributed by atoms with Gasteiger partial charge in [-0.2, -0.15) is 10.2 Å². The van der Waals surface area contributed by atoms with E-state index in [2.05, 4.69) is 31.7 Å². The number of anilines is 3. The first-order valence-corrected chi connectivity index (χ1v) is 7.03. The van der Waals surface area contributed by atoms with Crippen LogP contribution >= 0.6 is 0 Å². The predicted octanol–water partition coefficient (Wildman–Crippen LogP) is 3.20. The molecule has 0 atom stereocenters. The summed E-state index contributed by atoms with van der Waals surface area (Å²) >= 11 is 0. The van der Waals surface area contributed by atoms with Crippen LogP contribution in [0.1, 0.15) is 5.56 Å². The number of rotatable bonds is 4. The number of benzene rings is 1. The Hall–Kier alpha value is -3.46. The summed E-state index contributed by atoms with van der Waals surface area (Å²) in [5, 5.41) is 15.3. The molecule has 0 saturated heterocycles. The molecular formula is C17H14N6. The Morgan fingerprint density at radius 3 is 2.70 bits per heavy atom. The van der Waals surface area contributed by atoms with Gasteiger partial charge in [0, 0.05) is 31.1 Å². The second kappa shape index (κ2) is 6.54. The number of nitrogens with zero attached hydrogens (tertiary/aromatic N) is 4. The van der Waals surface area contributed by atoms with Crippen LogP contribution in [0.4, 0.5) is 17.5 Å². The van der Waals surface area contributed by atoms with Crippen molar-refractivity contribution in [1.82, 2.24) is 15.0 Å². The minimum Gasteiger partial charge on any atom is -0.357 e. The van der Waals surface area contributed by atoms with E-state index in [1.54, 1.807) is 25.5 Å². The Labute approximate surface area is 133 Å². The van der Waals surface area contributed by atoms with Crippen molar-refractivity contribution in [3.8, 4) is 17.3 Å². The lowest BCUT2D eigenvalue weighted by molar-refractivity contribution is 1.15. The lowest BCUT2D eigenvalue weighted by Crippen LogP contribution is -2.03. The topological polar surface area (TPSA) is 86.5 Å². The molecule has 23 heavy (non-hydrogen) atoms. The van der Waals surface area contributed by atoms with E-state index >= 15 is 0 Å². The summed E-state index contributed by atoms with van der Waals surface area (Å²) in [4.78, 5) is 12.9. The van der Waals surface area contributed by atoms with E-state index in [9.17, 15) is 5.26 Å². The molecule has 0 radical (unpaired) electrons. The third-order valence-corrected chi connectivity index (χ3v) is 3.22. The largest absolute Gasteiger partial charge is 0.357 e. The molecule has 112 valence electrons. The highest BCUT2D eigenvalue weighted by atomic mass is 15.1. The van der Waals surface area contributed by atoms with E-state index < -0.39 is 0 Å². The minimum atomic E-state index is 0.489. The number of hydrogen-bond donors (Lipinski definition) is 2. The van der Waals surface area contributed by atoms with Gasteiger partial charge in [-0.25, -0.2) is 4.98 Å². The van der Waals surface area contributed by atoms with Gasteiger partial charge in [0.1, 0.15) is 11.9 Å². The SMILES string of the molecule is CNc1nc(Nc2ccccc2C#N)cc(-c2cccnc2)n1. The van der Waals surface area contributed by atoms with Gasteiger partial charge in [0.25, 0.3) is 0 Å². The van der Waals surface area contributed by atoms with Crippen molar-refractivity contribution in [3.63, 3.8) is 0 Å². The highest BCUT2D eigenvalue weighted by Crippen LogP contribution is 2.24. The maximum Gasteiger partial charge on any atom is 0.224 e. The first-order valence-electron chi connectivity index (χ1n) is 7.03. The van der Waals surface area contributed by atoms with Crippen molar-refractivity contribution >= 4 is 17.5 Å². The van der Waals surface area contributed by atoms with Crippen LogP contribution in [0.2, 0.25) is 0 Å². The zero-order valence-electron chi connectivity index (χ0n) is 12.5. The first-order chi connectivity index (χ1) is 11.3. The molecule has 0 fully saturated rings. The molecular weight excluding hydrogens is 288 g/mol. The summed E-state index contributed by atoms with van der Waals surface area (Å²) in [6.07, 6.45) is 3.46. The Balaban J connectivity index is 2.01. The lowest BCUT2D eigenvalue weighted by Gasteiger charge is -2.10. The summed E-state index contributed by atoms with van der Waals surface area (Å²) in [5.74, 6) is 1.09. The molecule has 3 aromatic rings. The maximum absolute atomic E-state index is 9.19. The highest BCUT2D eigenvalue weighted by molar-refractivity contribution is 5.69. The summed E-state index contributed by atoms with van der Waals surface area (Å²) < 4.78 is 0. The summed E-state index contributed by atoms with van der Waals surface area (Å²) in [5.41, 5.74) is 2.89. The van der Waals surface area contributed by atoms with Gasteiger partial charge < -0.3 is 10.6 Å². The lowest BCUT2D eigenvalue weighted by atomic mass is 10.2. The van der Waals surface area contributed by atoms with Gasteiger partial charge >= 0.3 is 0 Å². The van der Waals surface area contributed by atoms with Crippen molar-refractivity contribution in [1.29, 1.82) is 5.26 Å². The summed E-state index contributed by atoms with van der Waals surface area (Å²) in [6, 6.07) is 15.1. The smallest absolute Gasteiger partial charge is 0.224 e. The first kappa shape index (κ1) is 14.5. The average Bonchev–Trinajstić information content (AvgIpc) is 2.62. The standard InChI is InChI=1S/C17H14N6/c1-19-17-22-15(13-6-4-8-20-11-13)9-16(23-17)21-14-7-3-2-5-12(14)10-18/h2-9,11H,1H3,(H2,19,21,22,23). The second-order valence-corrected chi connectivity index (χ2v) is 4.74. The monoisotopic (exact) mass is 302 g/mol. The molecule has 0 aliphatic carbocycles. The summed E-state index contributed by atoms with van der Waals surface area (Å²) in [7, 11) is 1.76.